The van der Waals surface area contributed by atoms with Gasteiger partial charge in [0, 0.05) is 7.11 Å². The van der Waals surface area contributed by atoms with Gasteiger partial charge in [-0.15, -0.1) is 0 Å². The summed E-state index contributed by atoms with van der Waals surface area (Å²) < 4.78 is 36.5. The summed E-state index contributed by atoms with van der Waals surface area (Å²) in [5, 5.41) is 9.57. The minimum atomic E-state index is -4.77. The van der Waals surface area contributed by atoms with E-state index in [2.05, 4.69) is 4.74 Å². The number of alkyl halides is 3. The molecule has 0 saturated carbocycles. The molecule has 0 heterocycles. The molecule has 1 atom stereocenters. The van der Waals surface area contributed by atoms with Crippen LogP contribution >= 0.6 is 0 Å². The smallest absolute Gasteiger partial charge is 0.346 e. The lowest BCUT2D eigenvalue weighted by Crippen LogP contribution is -2.28. The molecule has 0 amide bonds. The molecule has 0 fully saturated rings. The minimum absolute atomic E-state index is 0.713. The summed E-state index contributed by atoms with van der Waals surface area (Å²) in [6.07, 6.45) is -7.67. The number of hydrogen-bond donors (Lipinski definition) is 0. The van der Waals surface area contributed by atoms with Gasteiger partial charge in [-0.3, -0.25) is 0 Å². The summed E-state index contributed by atoms with van der Waals surface area (Å²) in [7, 11) is 0.713. The molecule has 0 spiro atoms. The highest BCUT2D eigenvalue weighted by molar-refractivity contribution is 4.49. The third kappa shape index (κ3) is 2.13. The topological polar surface area (TPSA) is 29.1 Å². The summed E-state index contributed by atoms with van der Waals surface area (Å²) >= 11 is 0. The first kappa shape index (κ1) is 7.71. The van der Waals surface area contributed by atoms with Gasteiger partial charge in [0.05, 0.1) is 0 Å². The van der Waals surface area contributed by atoms with Crippen molar-refractivity contribution in [2.75, 3.05) is 7.11 Å². The molecule has 8 heavy (non-hydrogen) atoms. The third-order valence-corrected chi connectivity index (χ3v) is 0.481. The Bertz CT molecular complexity index is 69.4. The summed E-state index contributed by atoms with van der Waals surface area (Å²) in [6, 6.07) is 0. The first-order valence-electron chi connectivity index (χ1n) is 1.74. The van der Waals surface area contributed by atoms with Crippen molar-refractivity contribution >= 4 is 0 Å². The normalized spacial score (nSPS) is 16.1. The second-order valence-electron chi connectivity index (χ2n) is 1.11. The Kier molecular flexibility index (Phi) is 2.24. The predicted octanol–water partition coefficient (Wildman–Crippen LogP) is 0.952. The number of rotatable bonds is 1. The van der Waals surface area contributed by atoms with Crippen molar-refractivity contribution in [1.29, 1.82) is 0 Å². The Hall–Kier alpha value is -0.290. The predicted molar refractivity (Wildman–Crippen MR) is 17.5 cm³/mol. The Morgan fingerprint density at radius 3 is 1.88 bits per heavy atom. The molecule has 0 aliphatic rings. The van der Waals surface area contributed by atoms with Gasteiger partial charge >= 0.3 is 6.18 Å². The van der Waals surface area contributed by atoms with Gasteiger partial charge in [-0.25, -0.2) is 0 Å². The second kappa shape index (κ2) is 2.32. The van der Waals surface area contributed by atoms with Crippen LogP contribution in [0.3, 0.4) is 0 Å². The van der Waals surface area contributed by atoms with Crippen LogP contribution in [0.15, 0.2) is 0 Å². The van der Waals surface area contributed by atoms with E-state index in [-0.39, 0.29) is 0 Å². The van der Waals surface area contributed by atoms with Gasteiger partial charge in [-0.1, -0.05) is 0 Å². The standard InChI is InChI=1S/C3H4F3O2/c1-8-2(7)3(4,5)6/h2H,1H3. The maximum absolute atomic E-state index is 11.0. The molecule has 0 rings (SSSR count). The van der Waals surface area contributed by atoms with Crippen LogP contribution in [0.1, 0.15) is 0 Å². The molecular formula is C3H4F3O2. The van der Waals surface area contributed by atoms with Gasteiger partial charge in [-0.05, 0) is 0 Å². The lowest BCUT2D eigenvalue weighted by Gasteiger charge is -2.08. The van der Waals surface area contributed by atoms with E-state index in [1.807, 2.05) is 0 Å². The first-order valence-corrected chi connectivity index (χ1v) is 1.74. The van der Waals surface area contributed by atoms with Crippen LogP contribution in [0.4, 0.5) is 13.2 Å². The minimum Gasteiger partial charge on any atom is -0.346 e. The number of hydrogen-bond acceptors (Lipinski definition) is 1. The lowest BCUT2D eigenvalue weighted by molar-refractivity contribution is -0.305. The molecular weight excluding hydrogens is 125 g/mol. The zero-order chi connectivity index (χ0) is 6.78. The zero-order valence-corrected chi connectivity index (χ0v) is 4.03. The number of ether oxygens (including phenoxy) is 1. The SMILES string of the molecule is COC([O])C(F)(F)F. The van der Waals surface area contributed by atoms with E-state index in [0.29, 0.717) is 7.11 Å². The molecule has 49 valence electrons. The van der Waals surface area contributed by atoms with Crippen molar-refractivity contribution < 1.29 is 23.0 Å². The quantitative estimate of drug-likeness (QED) is 0.484. The maximum atomic E-state index is 11.0. The largest absolute Gasteiger partial charge is 0.443 e. The first-order chi connectivity index (χ1) is 3.48. The molecule has 0 bridgehead atoms. The van der Waals surface area contributed by atoms with E-state index in [1.165, 1.54) is 0 Å². The average molecular weight is 129 g/mol. The van der Waals surface area contributed by atoms with E-state index in [9.17, 15) is 18.3 Å². The second-order valence-corrected chi connectivity index (χ2v) is 1.11. The van der Waals surface area contributed by atoms with Gasteiger partial charge in [0.15, 0.2) is 0 Å². The van der Waals surface area contributed by atoms with Crippen LogP contribution in [0.5, 0.6) is 0 Å². The molecule has 0 aromatic rings. The fourth-order valence-electron chi connectivity index (χ4n) is 0.134. The van der Waals surface area contributed by atoms with Crippen LogP contribution in [0, 0.1) is 0 Å². The highest BCUT2D eigenvalue weighted by Gasteiger charge is 2.40. The molecule has 0 N–H and O–H groups in total. The molecule has 2 nitrogen and oxygen atoms in total. The monoisotopic (exact) mass is 129 g/mol. The van der Waals surface area contributed by atoms with Crippen LogP contribution in [0.25, 0.3) is 0 Å². The maximum Gasteiger partial charge on any atom is 0.443 e. The summed E-state index contributed by atoms with van der Waals surface area (Å²) in [4.78, 5) is 0. The van der Waals surface area contributed by atoms with E-state index in [0.717, 1.165) is 0 Å². The van der Waals surface area contributed by atoms with Crippen molar-refractivity contribution in [1.82, 2.24) is 0 Å². The van der Waals surface area contributed by atoms with E-state index >= 15 is 0 Å². The molecule has 0 aromatic carbocycles. The summed E-state index contributed by atoms with van der Waals surface area (Å²) in [6.45, 7) is 0. The molecule has 1 unspecified atom stereocenters. The Morgan fingerprint density at radius 1 is 1.50 bits per heavy atom. The highest BCUT2D eigenvalue weighted by Crippen LogP contribution is 2.20. The van der Waals surface area contributed by atoms with Crippen molar-refractivity contribution in [3.8, 4) is 0 Å². The fraction of sp³-hybridized carbons (Fsp3) is 1.00. The van der Waals surface area contributed by atoms with E-state index in [1.54, 1.807) is 0 Å². The molecule has 0 aromatic heterocycles. The fourth-order valence-corrected chi connectivity index (χ4v) is 0.134. The molecule has 0 aliphatic carbocycles. The summed E-state index contributed by atoms with van der Waals surface area (Å²) in [5.41, 5.74) is 0. The molecule has 1 radical (unpaired) electrons. The molecule has 0 aliphatic heterocycles. The lowest BCUT2D eigenvalue weighted by atomic mass is 10.6. The van der Waals surface area contributed by atoms with E-state index < -0.39 is 12.5 Å². The Morgan fingerprint density at radius 2 is 1.88 bits per heavy atom. The summed E-state index contributed by atoms with van der Waals surface area (Å²) in [5.74, 6) is 0. The van der Waals surface area contributed by atoms with Crippen LogP contribution in [-0.4, -0.2) is 19.6 Å². The van der Waals surface area contributed by atoms with Gasteiger partial charge < -0.3 is 4.74 Å². The van der Waals surface area contributed by atoms with Gasteiger partial charge in [0.2, 0.25) is 0 Å². The van der Waals surface area contributed by atoms with Crippen molar-refractivity contribution in [2.45, 2.75) is 12.5 Å². The van der Waals surface area contributed by atoms with Crippen molar-refractivity contribution in [3.63, 3.8) is 0 Å². The molecule has 0 saturated heterocycles. The van der Waals surface area contributed by atoms with Gasteiger partial charge in [0.25, 0.3) is 6.29 Å². The Balaban J connectivity index is 3.62. The average Bonchev–Trinajstić information content (AvgIpc) is 1.62. The van der Waals surface area contributed by atoms with Crippen LogP contribution < -0.4 is 0 Å². The Labute approximate surface area is 43.9 Å². The van der Waals surface area contributed by atoms with Gasteiger partial charge in [0.1, 0.15) is 0 Å². The third-order valence-electron chi connectivity index (χ3n) is 0.481. The van der Waals surface area contributed by atoms with Gasteiger partial charge in [-0.2, -0.15) is 18.3 Å². The number of methoxy groups -OCH3 is 1. The number of halogens is 3. The molecule has 5 heteroatoms. The van der Waals surface area contributed by atoms with Crippen LogP contribution in [0.2, 0.25) is 0 Å². The zero-order valence-electron chi connectivity index (χ0n) is 4.03. The van der Waals surface area contributed by atoms with Crippen molar-refractivity contribution in [3.05, 3.63) is 0 Å². The van der Waals surface area contributed by atoms with E-state index in [4.69, 9.17) is 0 Å². The van der Waals surface area contributed by atoms with Crippen LogP contribution in [-0.2, 0) is 9.84 Å². The highest BCUT2D eigenvalue weighted by atomic mass is 19.4. The van der Waals surface area contributed by atoms with Crippen molar-refractivity contribution in [2.24, 2.45) is 0 Å².